The molecule has 1 aliphatic heterocycles. The summed E-state index contributed by atoms with van der Waals surface area (Å²) in [6.07, 6.45) is 4.00. The van der Waals surface area contributed by atoms with E-state index in [-0.39, 0.29) is 5.91 Å². The number of methoxy groups -OCH3 is 1. The van der Waals surface area contributed by atoms with E-state index in [2.05, 4.69) is 29.0 Å². The van der Waals surface area contributed by atoms with Crippen molar-refractivity contribution >= 4 is 51.2 Å². The summed E-state index contributed by atoms with van der Waals surface area (Å²) in [6, 6.07) is 25.5. The number of amides is 1. The Balaban J connectivity index is 1.42. The van der Waals surface area contributed by atoms with Gasteiger partial charge in [0, 0.05) is 29.2 Å². The standard InChI is InChI=1S/C28H21N3O2S2/c1-33-23-12-10-21(11-13-23)17-31-27(32)26(35-28(31)34)14-22-18-30(25-5-3-2-4-24(22)25)16-20-8-6-19(15-29)7-9-20/h2-14,18H,16-17H2,1H3/b26-14-. The number of ether oxygens (including phenoxy) is 1. The molecule has 0 aliphatic carbocycles. The van der Waals surface area contributed by atoms with E-state index in [1.165, 1.54) is 11.8 Å². The Morgan fingerprint density at radius 1 is 1.00 bits per heavy atom. The molecule has 0 atom stereocenters. The van der Waals surface area contributed by atoms with Gasteiger partial charge in [-0.3, -0.25) is 9.69 Å². The van der Waals surface area contributed by atoms with Crippen molar-refractivity contribution in [2.24, 2.45) is 0 Å². The van der Waals surface area contributed by atoms with Crippen molar-refractivity contribution in [3.8, 4) is 11.8 Å². The lowest BCUT2D eigenvalue weighted by molar-refractivity contribution is -0.122. The summed E-state index contributed by atoms with van der Waals surface area (Å²) in [5.74, 6) is 0.691. The minimum atomic E-state index is -0.0836. The van der Waals surface area contributed by atoms with Crippen LogP contribution in [-0.2, 0) is 17.9 Å². The fraction of sp³-hybridized carbons (Fsp3) is 0.107. The van der Waals surface area contributed by atoms with Crippen molar-refractivity contribution in [3.63, 3.8) is 0 Å². The van der Waals surface area contributed by atoms with Gasteiger partial charge in [0.05, 0.1) is 30.2 Å². The van der Waals surface area contributed by atoms with E-state index in [9.17, 15) is 4.79 Å². The molecule has 4 aromatic rings. The number of carbonyl (C=O) groups is 1. The van der Waals surface area contributed by atoms with Gasteiger partial charge in [-0.15, -0.1) is 0 Å². The van der Waals surface area contributed by atoms with Crippen LogP contribution in [-0.4, -0.2) is 26.8 Å². The molecule has 5 rings (SSSR count). The van der Waals surface area contributed by atoms with Gasteiger partial charge in [0.1, 0.15) is 10.1 Å². The van der Waals surface area contributed by atoms with E-state index in [0.717, 1.165) is 33.3 Å². The lowest BCUT2D eigenvalue weighted by Crippen LogP contribution is -2.27. The lowest BCUT2D eigenvalue weighted by Gasteiger charge is -2.14. The van der Waals surface area contributed by atoms with Gasteiger partial charge in [0.25, 0.3) is 5.91 Å². The molecule has 1 amide bonds. The maximum absolute atomic E-state index is 13.2. The molecule has 35 heavy (non-hydrogen) atoms. The highest BCUT2D eigenvalue weighted by Gasteiger charge is 2.32. The van der Waals surface area contributed by atoms with Gasteiger partial charge in [0.15, 0.2) is 0 Å². The molecule has 2 heterocycles. The average molecular weight is 496 g/mol. The van der Waals surface area contributed by atoms with Gasteiger partial charge in [-0.25, -0.2) is 0 Å². The van der Waals surface area contributed by atoms with Crippen molar-refractivity contribution < 1.29 is 9.53 Å². The van der Waals surface area contributed by atoms with Gasteiger partial charge in [-0.2, -0.15) is 5.26 Å². The van der Waals surface area contributed by atoms with Crippen molar-refractivity contribution in [1.82, 2.24) is 9.47 Å². The third-order valence-electron chi connectivity index (χ3n) is 5.92. The molecule has 3 aromatic carbocycles. The minimum absolute atomic E-state index is 0.0836. The number of para-hydroxylation sites is 1. The maximum Gasteiger partial charge on any atom is 0.266 e. The first-order chi connectivity index (χ1) is 17.1. The van der Waals surface area contributed by atoms with Crippen LogP contribution in [0.1, 0.15) is 22.3 Å². The Hall–Kier alpha value is -3.86. The second-order valence-electron chi connectivity index (χ2n) is 8.15. The number of carbonyl (C=O) groups excluding carboxylic acids is 1. The molecule has 0 spiro atoms. The molecule has 1 fully saturated rings. The van der Waals surface area contributed by atoms with Crippen molar-refractivity contribution in [2.75, 3.05) is 7.11 Å². The van der Waals surface area contributed by atoms with E-state index in [1.54, 1.807) is 12.0 Å². The predicted octanol–water partition coefficient (Wildman–Crippen LogP) is 5.97. The normalized spacial score (nSPS) is 14.6. The SMILES string of the molecule is COc1ccc(CN2C(=O)/C(=C/c3cn(Cc4ccc(C#N)cc4)c4ccccc34)SC2=S)cc1. The number of rotatable bonds is 6. The van der Waals surface area contributed by atoms with Crippen LogP contribution in [0.15, 0.2) is 83.9 Å². The van der Waals surface area contributed by atoms with Crippen LogP contribution in [0, 0.1) is 11.3 Å². The Labute approximate surface area is 213 Å². The number of thioether (sulfide) groups is 1. The molecule has 1 aromatic heterocycles. The molecule has 172 valence electrons. The quantitative estimate of drug-likeness (QED) is 0.244. The van der Waals surface area contributed by atoms with Gasteiger partial charge < -0.3 is 9.30 Å². The number of hydrogen-bond acceptors (Lipinski definition) is 5. The highest BCUT2D eigenvalue weighted by atomic mass is 32.2. The topological polar surface area (TPSA) is 58.3 Å². The monoisotopic (exact) mass is 495 g/mol. The summed E-state index contributed by atoms with van der Waals surface area (Å²) in [5, 5.41) is 10.1. The molecule has 0 radical (unpaired) electrons. The van der Waals surface area contributed by atoms with Crippen LogP contribution in [0.5, 0.6) is 5.75 Å². The molecular formula is C28H21N3O2S2. The zero-order valence-electron chi connectivity index (χ0n) is 19.0. The zero-order chi connectivity index (χ0) is 24.4. The summed E-state index contributed by atoms with van der Waals surface area (Å²) in [6.45, 7) is 1.09. The number of aromatic nitrogens is 1. The number of fused-ring (bicyclic) bond motifs is 1. The second-order valence-corrected chi connectivity index (χ2v) is 9.83. The van der Waals surface area contributed by atoms with Gasteiger partial charge in [-0.1, -0.05) is 66.4 Å². The molecular weight excluding hydrogens is 474 g/mol. The fourth-order valence-electron chi connectivity index (χ4n) is 4.09. The summed E-state index contributed by atoms with van der Waals surface area (Å²) in [5.41, 5.74) is 4.78. The first kappa shape index (κ1) is 22.9. The molecule has 0 bridgehead atoms. The van der Waals surface area contributed by atoms with E-state index in [4.69, 9.17) is 22.2 Å². The predicted molar refractivity (Wildman–Crippen MR) is 144 cm³/mol. The number of nitrogens with zero attached hydrogens (tertiary/aromatic N) is 3. The number of nitriles is 1. The smallest absolute Gasteiger partial charge is 0.266 e. The van der Waals surface area contributed by atoms with Gasteiger partial charge >= 0.3 is 0 Å². The van der Waals surface area contributed by atoms with Crippen molar-refractivity contribution in [3.05, 3.63) is 106 Å². The zero-order valence-corrected chi connectivity index (χ0v) is 20.6. The molecule has 0 N–H and O–H groups in total. The Bertz CT molecular complexity index is 1500. The maximum atomic E-state index is 13.2. The van der Waals surface area contributed by atoms with Gasteiger partial charge in [-0.05, 0) is 47.5 Å². The summed E-state index contributed by atoms with van der Waals surface area (Å²) in [4.78, 5) is 15.5. The molecule has 5 nitrogen and oxygen atoms in total. The first-order valence-electron chi connectivity index (χ1n) is 11.0. The Kier molecular flexibility index (Phi) is 6.41. The first-order valence-corrected chi connectivity index (χ1v) is 12.2. The van der Waals surface area contributed by atoms with Crippen molar-refractivity contribution in [2.45, 2.75) is 13.1 Å². The van der Waals surface area contributed by atoms with Crippen LogP contribution in [0.25, 0.3) is 17.0 Å². The van der Waals surface area contributed by atoms with Crippen LogP contribution in [0.2, 0.25) is 0 Å². The van der Waals surface area contributed by atoms with E-state index in [1.807, 2.05) is 66.7 Å². The summed E-state index contributed by atoms with van der Waals surface area (Å²) in [7, 11) is 1.63. The highest BCUT2D eigenvalue weighted by Crippen LogP contribution is 2.35. The number of thiocarbonyl (C=S) groups is 1. The second kappa shape index (κ2) is 9.79. The van der Waals surface area contributed by atoms with E-state index >= 15 is 0 Å². The molecule has 1 saturated heterocycles. The van der Waals surface area contributed by atoms with Crippen LogP contribution in [0.3, 0.4) is 0 Å². The number of benzene rings is 3. The largest absolute Gasteiger partial charge is 0.497 e. The molecule has 7 heteroatoms. The Morgan fingerprint density at radius 3 is 2.40 bits per heavy atom. The summed E-state index contributed by atoms with van der Waals surface area (Å²) >= 11 is 6.88. The molecule has 0 unspecified atom stereocenters. The Morgan fingerprint density at radius 2 is 1.69 bits per heavy atom. The number of hydrogen-bond donors (Lipinski definition) is 0. The third kappa shape index (κ3) is 4.72. The van der Waals surface area contributed by atoms with E-state index < -0.39 is 0 Å². The van der Waals surface area contributed by atoms with Crippen molar-refractivity contribution in [1.29, 1.82) is 5.26 Å². The van der Waals surface area contributed by atoms with Crippen LogP contribution in [0.4, 0.5) is 0 Å². The average Bonchev–Trinajstić information content (AvgIpc) is 3.36. The fourth-order valence-corrected chi connectivity index (χ4v) is 5.34. The molecule has 1 aliphatic rings. The highest BCUT2D eigenvalue weighted by molar-refractivity contribution is 8.26. The summed E-state index contributed by atoms with van der Waals surface area (Å²) < 4.78 is 7.94. The lowest BCUT2D eigenvalue weighted by atomic mass is 10.1. The third-order valence-corrected chi connectivity index (χ3v) is 7.29. The minimum Gasteiger partial charge on any atom is -0.497 e. The van der Waals surface area contributed by atoms with E-state index in [0.29, 0.717) is 27.9 Å². The molecule has 0 saturated carbocycles. The van der Waals surface area contributed by atoms with Crippen LogP contribution >= 0.6 is 24.0 Å². The van der Waals surface area contributed by atoms with Gasteiger partial charge in [0.2, 0.25) is 0 Å². The van der Waals surface area contributed by atoms with Crippen LogP contribution < -0.4 is 4.74 Å².